The van der Waals surface area contributed by atoms with Crippen molar-refractivity contribution in [3.05, 3.63) is 33.3 Å². The second-order valence-corrected chi connectivity index (χ2v) is 5.50. The lowest BCUT2D eigenvalue weighted by Crippen LogP contribution is -2.40. The molecule has 104 valence electrons. The highest BCUT2D eigenvalue weighted by atomic mass is 79.9. The molecule has 0 heterocycles. The zero-order valence-corrected chi connectivity index (χ0v) is 13.5. The van der Waals surface area contributed by atoms with Gasteiger partial charge in [0, 0.05) is 30.7 Å². The Morgan fingerprint density at radius 3 is 2.42 bits per heavy atom. The van der Waals surface area contributed by atoms with Crippen molar-refractivity contribution in [1.82, 2.24) is 9.80 Å². The largest absolute Gasteiger partial charge is 0.347 e. The van der Waals surface area contributed by atoms with E-state index in [1.807, 2.05) is 6.92 Å². The summed E-state index contributed by atoms with van der Waals surface area (Å²) >= 11 is 9.17. The van der Waals surface area contributed by atoms with Gasteiger partial charge in [-0.1, -0.05) is 11.6 Å². The molecule has 0 saturated carbocycles. The van der Waals surface area contributed by atoms with E-state index in [9.17, 15) is 9.59 Å². The van der Waals surface area contributed by atoms with Crippen LogP contribution in [0.1, 0.15) is 17.3 Å². The number of hydrogen-bond acceptors (Lipinski definition) is 2. The van der Waals surface area contributed by atoms with Crippen LogP contribution in [0.25, 0.3) is 0 Å². The highest BCUT2D eigenvalue weighted by Gasteiger charge is 2.18. The lowest BCUT2D eigenvalue weighted by Gasteiger charge is -2.22. The van der Waals surface area contributed by atoms with Crippen LogP contribution < -0.4 is 0 Å². The summed E-state index contributed by atoms with van der Waals surface area (Å²) < 4.78 is 0.662. The van der Waals surface area contributed by atoms with Gasteiger partial charge in [0.2, 0.25) is 5.91 Å². The SMILES string of the molecule is CCN(CC(=O)N(C)C)C(=O)c1ccc(Cl)c(Br)c1. The first-order valence-electron chi connectivity index (χ1n) is 5.81. The molecule has 0 aliphatic carbocycles. The first-order valence-corrected chi connectivity index (χ1v) is 6.98. The molecule has 0 spiro atoms. The van der Waals surface area contributed by atoms with Crippen molar-refractivity contribution in [3.63, 3.8) is 0 Å². The molecule has 1 rings (SSSR count). The standard InChI is InChI=1S/C13H16BrClN2O2/c1-4-17(8-12(18)16(2)3)13(19)9-5-6-11(15)10(14)7-9/h5-7H,4,8H2,1-3H3. The first kappa shape index (κ1) is 16.0. The molecule has 6 heteroatoms. The summed E-state index contributed by atoms with van der Waals surface area (Å²) in [7, 11) is 3.33. The van der Waals surface area contributed by atoms with Crippen LogP contribution in [-0.2, 0) is 4.79 Å². The number of halogens is 2. The van der Waals surface area contributed by atoms with Crippen molar-refractivity contribution in [3.8, 4) is 0 Å². The fraction of sp³-hybridized carbons (Fsp3) is 0.385. The Morgan fingerprint density at radius 2 is 1.95 bits per heavy atom. The lowest BCUT2D eigenvalue weighted by molar-refractivity contribution is -0.129. The molecule has 0 bridgehead atoms. The second-order valence-electron chi connectivity index (χ2n) is 4.24. The topological polar surface area (TPSA) is 40.6 Å². The van der Waals surface area contributed by atoms with Crippen LogP contribution in [-0.4, -0.2) is 48.8 Å². The van der Waals surface area contributed by atoms with E-state index in [-0.39, 0.29) is 18.4 Å². The van der Waals surface area contributed by atoms with E-state index in [0.717, 1.165) is 0 Å². The Bertz CT molecular complexity index is 492. The number of nitrogens with zero attached hydrogens (tertiary/aromatic N) is 2. The van der Waals surface area contributed by atoms with Crippen LogP contribution in [0.4, 0.5) is 0 Å². The summed E-state index contributed by atoms with van der Waals surface area (Å²) in [4.78, 5) is 26.9. The number of benzene rings is 1. The average molecular weight is 348 g/mol. The number of amides is 2. The lowest BCUT2D eigenvalue weighted by atomic mass is 10.2. The molecule has 0 unspecified atom stereocenters. The second kappa shape index (κ2) is 6.91. The zero-order valence-electron chi connectivity index (χ0n) is 11.1. The Labute approximate surface area is 126 Å². The van der Waals surface area contributed by atoms with Gasteiger partial charge in [0.05, 0.1) is 11.6 Å². The van der Waals surface area contributed by atoms with Crippen LogP contribution in [0.15, 0.2) is 22.7 Å². The van der Waals surface area contributed by atoms with Crippen molar-refractivity contribution < 1.29 is 9.59 Å². The van der Waals surface area contributed by atoms with Gasteiger partial charge >= 0.3 is 0 Å². The minimum absolute atomic E-state index is 0.0720. The fourth-order valence-electron chi connectivity index (χ4n) is 1.44. The molecule has 19 heavy (non-hydrogen) atoms. The van der Waals surface area contributed by atoms with Crippen molar-refractivity contribution in [2.24, 2.45) is 0 Å². The van der Waals surface area contributed by atoms with Crippen molar-refractivity contribution in [2.45, 2.75) is 6.92 Å². The van der Waals surface area contributed by atoms with Crippen LogP contribution >= 0.6 is 27.5 Å². The van der Waals surface area contributed by atoms with E-state index in [4.69, 9.17) is 11.6 Å². The summed E-state index contributed by atoms with van der Waals surface area (Å²) in [6.45, 7) is 2.38. The third-order valence-corrected chi connectivity index (χ3v) is 3.87. The number of hydrogen-bond donors (Lipinski definition) is 0. The molecule has 1 aromatic carbocycles. The fourth-order valence-corrected chi connectivity index (χ4v) is 1.94. The first-order chi connectivity index (χ1) is 8.86. The average Bonchev–Trinajstić information content (AvgIpc) is 2.37. The molecular weight excluding hydrogens is 332 g/mol. The molecular formula is C13H16BrClN2O2. The predicted molar refractivity (Wildman–Crippen MR) is 79.4 cm³/mol. The van der Waals surface area contributed by atoms with Crippen molar-refractivity contribution >= 4 is 39.3 Å². The molecule has 0 N–H and O–H groups in total. The summed E-state index contributed by atoms with van der Waals surface area (Å²) in [5.41, 5.74) is 0.504. The Balaban J connectivity index is 2.89. The van der Waals surface area contributed by atoms with Gasteiger partial charge in [-0.05, 0) is 41.1 Å². The molecule has 0 atom stereocenters. The quantitative estimate of drug-likeness (QED) is 0.840. The molecule has 0 aromatic heterocycles. The third kappa shape index (κ3) is 4.21. The van der Waals surface area contributed by atoms with E-state index < -0.39 is 0 Å². The molecule has 0 saturated heterocycles. The summed E-state index contributed by atoms with van der Waals surface area (Å²) in [5.74, 6) is -0.293. The van der Waals surface area contributed by atoms with E-state index in [0.29, 0.717) is 21.6 Å². The number of likely N-dealkylation sites (N-methyl/N-ethyl adjacent to an activating group) is 2. The normalized spacial score (nSPS) is 10.2. The summed E-state index contributed by atoms with van der Waals surface area (Å²) in [6, 6.07) is 4.96. The number of rotatable bonds is 4. The van der Waals surface area contributed by atoms with Gasteiger partial charge in [-0.25, -0.2) is 0 Å². The highest BCUT2D eigenvalue weighted by molar-refractivity contribution is 9.10. The number of carbonyl (C=O) groups excluding carboxylic acids is 2. The van der Waals surface area contributed by atoms with Crippen LogP contribution in [0.3, 0.4) is 0 Å². The van der Waals surface area contributed by atoms with Crippen molar-refractivity contribution in [2.75, 3.05) is 27.2 Å². The minimum Gasteiger partial charge on any atom is -0.347 e. The predicted octanol–water partition coefficient (Wildman–Crippen LogP) is 2.65. The maximum absolute atomic E-state index is 12.3. The molecule has 0 radical (unpaired) electrons. The highest BCUT2D eigenvalue weighted by Crippen LogP contribution is 2.23. The van der Waals surface area contributed by atoms with Gasteiger partial charge in [0.1, 0.15) is 0 Å². The van der Waals surface area contributed by atoms with Gasteiger partial charge in [-0.15, -0.1) is 0 Å². The molecule has 1 aromatic rings. The Kier molecular flexibility index (Phi) is 5.82. The van der Waals surface area contributed by atoms with Gasteiger partial charge in [-0.3, -0.25) is 9.59 Å². The van der Waals surface area contributed by atoms with E-state index in [2.05, 4.69) is 15.9 Å². The van der Waals surface area contributed by atoms with Gasteiger partial charge < -0.3 is 9.80 Å². The minimum atomic E-state index is -0.185. The smallest absolute Gasteiger partial charge is 0.254 e. The van der Waals surface area contributed by atoms with Gasteiger partial charge in [0.15, 0.2) is 0 Å². The van der Waals surface area contributed by atoms with Crippen molar-refractivity contribution in [1.29, 1.82) is 0 Å². The van der Waals surface area contributed by atoms with Crippen LogP contribution in [0.2, 0.25) is 5.02 Å². The molecule has 0 fully saturated rings. The summed E-state index contributed by atoms with van der Waals surface area (Å²) in [5, 5.41) is 0.545. The Morgan fingerprint density at radius 1 is 1.32 bits per heavy atom. The van der Waals surface area contributed by atoms with Crippen LogP contribution in [0, 0.1) is 0 Å². The van der Waals surface area contributed by atoms with Gasteiger partial charge in [-0.2, -0.15) is 0 Å². The molecule has 2 amide bonds. The zero-order chi connectivity index (χ0) is 14.6. The van der Waals surface area contributed by atoms with Crippen LogP contribution in [0.5, 0.6) is 0 Å². The molecule has 0 aliphatic heterocycles. The Hall–Kier alpha value is -1.07. The summed E-state index contributed by atoms with van der Waals surface area (Å²) in [6.07, 6.45) is 0. The van der Waals surface area contributed by atoms with E-state index >= 15 is 0 Å². The van der Waals surface area contributed by atoms with E-state index in [1.54, 1.807) is 32.3 Å². The maximum Gasteiger partial charge on any atom is 0.254 e. The number of carbonyl (C=O) groups is 2. The third-order valence-electron chi connectivity index (χ3n) is 2.66. The van der Waals surface area contributed by atoms with Gasteiger partial charge in [0.25, 0.3) is 5.91 Å². The molecule has 0 aliphatic rings. The maximum atomic E-state index is 12.3. The monoisotopic (exact) mass is 346 g/mol. The van der Waals surface area contributed by atoms with E-state index in [1.165, 1.54) is 9.80 Å². The molecule has 4 nitrogen and oxygen atoms in total.